The lowest BCUT2D eigenvalue weighted by atomic mass is 9.93. The number of aromatic nitrogens is 6. The molecule has 2 fully saturated rings. The van der Waals surface area contributed by atoms with Crippen molar-refractivity contribution in [3.63, 3.8) is 0 Å². The first-order valence-electron chi connectivity index (χ1n) is 12.6. The summed E-state index contributed by atoms with van der Waals surface area (Å²) in [5, 5.41) is 11.1. The smallest absolute Gasteiger partial charge is 0.338 e. The van der Waals surface area contributed by atoms with Crippen LogP contribution >= 0.6 is 27.0 Å². The molecule has 39 heavy (non-hydrogen) atoms. The molecule has 0 spiro atoms. The third kappa shape index (κ3) is 4.68. The normalized spacial score (nSPS) is 23.7. The largest absolute Gasteiger partial charge is 0.457 e. The number of cyclic esters (lactones) is 1. The average molecular weight is 571 g/mol. The molecule has 1 unspecified atom stereocenters. The van der Waals surface area contributed by atoms with Gasteiger partial charge >= 0.3 is 5.97 Å². The Morgan fingerprint density at radius 1 is 1.13 bits per heavy atom. The Morgan fingerprint density at radius 3 is 2.82 bits per heavy atom. The van der Waals surface area contributed by atoms with Gasteiger partial charge in [-0.05, 0) is 47.4 Å². The zero-order valence-electron chi connectivity index (χ0n) is 21.4. The van der Waals surface area contributed by atoms with Gasteiger partial charge in [0.2, 0.25) is 5.91 Å². The molecule has 4 aliphatic rings. The second-order valence-corrected chi connectivity index (χ2v) is 10.1. The molecule has 12 nitrogen and oxygen atoms in total. The fraction of sp³-hybridized carbons (Fsp3) is 0.480. The van der Waals surface area contributed by atoms with E-state index >= 15 is 0 Å². The van der Waals surface area contributed by atoms with Crippen molar-refractivity contribution in [1.29, 1.82) is 0 Å². The number of aryl methyl sites for hydroxylation is 1. The van der Waals surface area contributed by atoms with Crippen LogP contribution in [0.4, 0.5) is 0 Å². The van der Waals surface area contributed by atoms with Gasteiger partial charge in [0.25, 0.3) is 5.95 Å². The fourth-order valence-corrected chi connectivity index (χ4v) is 6.07. The van der Waals surface area contributed by atoms with Gasteiger partial charge in [0.05, 0.1) is 35.9 Å². The highest BCUT2D eigenvalue weighted by Gasteiger charge is 2.40. The number of piperazine rings is 1. The van der Waals surface area contributed by atoms with Crippen molar-refractivity contribution in [2.45, 2.75) is 44.4 Å². The number of esters is 1. The van der Waals surface area contributed by atoms with Crippen LogP contribution in [-0.2, 0) is 27.3 Å². The number of nitrogens with zero attached hydrogens (tertiary/aromatic N) is 8. The van der Waals surface area contributed by atoms with Crippen molar-refractivity contribution in [2.24, 2.45) is 0 Å². The molecule has 5 heterocycles. The maximum absolute atomic E-state index is 13.6. The van der Waals surface area contributed by atoms with Gasteiger partial charge in [-0.1, -0.05) is 6.07 Å². The Morgan fingerprint density at radius 2 is 2.00 bits per heavy atom. The lowest BCUT2D eigenvalue weighted by molar-refractivity contribution is -0.141. The lowest BCUT2D eigenvalue weighted by Gasteiger charge is -2.46. The van der Waals surface area contributed by atoms with Crippen LogP contribution in [0.25, 0.3) is 5.95 Å². The maximum atomic E-state index is 13.6. The minimum Gasteiger partial charge on any atom is -0.457 e. The number of carbonyl (C=O) groups excluding carboxylic acids is 2. The second kappa shape index (κ2) is 10.8. The van der Waals surface area contributed by atoms with E-state index < -0.39 is 0 Å². The summed E-state index contributed by atoms with van der Waals surface area (Å²) >= 11 is 0. The van der Waals surface area contributed by atoms with Gasteiger partial charge in [-0.15, -0.1) is 5.10 Å². The third-order valence-electron chi connectivity index (χ3n) is 8.15. The SMILES string of the molecule is Cc1c([C@H]2CN3CCN(C(=O)C4CCc5nc(-n6cnnn6)ncc54)C[C@H]3CO2)ccc2c1COC2=O.S.S. The molecule has 0 bridgehead atoms. The van der Waals surface area contributed by atoms with Gasteiger partial charge in [-0.25, -0.2) is 14.8 Å². The molecule has 14 heteroatoms. The summed E-state index contributed by atoms with van der Waals surface area (Å²) in [4.78, 5) is 38.8. The zero-order valence-corrected chi connectivity index (χ0v) is 23.4. The van der Waals surface area contributed by atoms with Crippen LogP contribution in [0.3, 0.4) is 0 Å². The van der Waals surface area contributed by atoms with E-state index in [-0.39, 0.29) is 56.9 Å². The molecule has 3 aromatic rings. The van der Waals surface area contributed by atoms with Crippen molar-refractivity contribution in [3.8, 4) is 5.95 Å². The van der Waals surface area contributed by atoms with E-state index in [1.54, 1.807) is 6.20 Å². The van der Waals surface area contributed by atoms with Crippen molar-refractivity contribution in [1.82, 2.24) is 40.0 Å². The van der Waals surface area contributed by atoms with Crippen LogP contribution in [0.2, 0.25) is 0 Å². The summed E-state index contributed by atoms with van der Waals surface area (Å²) in [7, 11) is 0. The number of rotatable bonds is 3. The molecule has 1 amide bonds. The Kier molecular flexibility index (Phi) is 7.64. The van der Waals surface area contributed by atoms with Crippen LogP contribution in [0.1, 0.15) is 56.7 Å². The van der Waals surface area contributed by atoms with E-state index in [0.717, 1.165) is 53.9 Å². The van der Waals surface area contributed by atoms with Crippen LogP contribution < -0.4 is 0 Å². The monoisotopic (exact) mass is 570 g/mol. The molecule has 7 rings (SSSR count). The summed E-state index contributed by atoms with van der Waals surface area (Å²) in [6.07, 6.45) is 4.60. The van der Waals surface area contributed by atoms with Crippen LogP contribution in [0.15, 0.2) is 24.7 Å². The summed E-state index contributed by atoms with van der Waals surface area (Å²) in [5.74, 6) is 0.0794. The van der Waals surface area contributed by atoms with E-state index in [1.165, 1.54) is 11.0 Å². The molecule has 206 valence electrons. The van der Waals surface area contributed by atoms with Crippen LogP contribution in [0, 0.1) is 6.92 Å². The minimum absolute atomic E-state index is 0. The van der Waals surface area contributed by atoms with E-state index in [2.05, 4.69) is 30.4 Å². The number of tetrazole rings is 1. The summed E-state index contributed by atoms with van der Waals surface area (Å²) in [6.45, 7) is 5.82. The van der Waals surface area contributed by atoms with Gasteiger partial charge in [-0.3, -0.25) is 9.69 Å². The van der Waals surface area contributed by atoms with Crippen LogP contribution in [-0.4, -0.2) is 90.7 Å². The second-order valence-electron chi connectivity index (χ2n) is 10.1. The third-order valence-corrected chi connectivity index (χ3v) is 8.15. The molecular formula is C25H30N8O4S2. The van der Waals surface area contributed by atoms with Gasteiger partial charge in [0.15, 0.2) is 0 Å². The highest BCUT2D eigenvalue weighted by Crippen LogP contribution is 2.36. The minimum atomic E-state index is -0.250. The van der Waals surface area contributed by atoms with E-state index in [4.69, 9.17) is 9.47 Å². The Hall–Kier alpha value is -3.07. The number of fused-ring (bicyclic) bond motifs is 3. The van der Waals surface area contributed by atoms with E-state index in [9.17, 15) is 9.59 Å². The zero-order chi connectivity index (χ0) is 25.1. The fourth-order valence-electron chi connectivity index (χ4n) is 6.07. The highest BCUT2D eigenvalue weighted by atomic mass is 32.1. The molecule has 0 saturated carbocycles. The van der Waals surface area contributed by atoms with Gasteiger partial charge in [0.1, 0.15) is 12.9 Å². The summed E-state index contributed by atoms with van der Waals surface area (Å²) < 4.78 is 12.9. The molecule has 2 saturated heterocycles. The van der Waals surface area contributed by atoms with Crippen LogP contribution in [0.5, 0.6) is 0 Å². The lowest BCUT2D eigenvalue weighted by Crippen LogP contribution is -2.60. The predicted octanol–water partition coefficient (Wildman–Crippen LogP) is 0.971. The quantitative estimate of drug-likeness (QED) is 0.420. The van der Waals surface area contributed by atoms with Gasteiger partial charge in [-0.2, -0.15) is 31.7 Å². The first kappa shape index (κ1) is 27.5. The van der Waals surface area contributed by atoms with E-state index in [1.807, 2.05) is 24.0 Å². The van der Waals surface area contributed by atoms with Crippen molar-refractivity contribution < 1.29 is 19.1 Å². The number of hydrogen-bond acceptors (Lipinski definition) is 10. The number of benzene rings is 1. The first-order valence-corrected chi connectivity index (χ1v) is 12.6. The standard InChI is InChI=1S/C25H26N8O4.2H2S/c1-14-16(2-3-18-20(14)12-37-24(18)35)22-10-31-6-7-32(9-15(31)11-36-22)23(34)17-4-5-21-19(17)8-26-25(28-21)33-13-27-29-30-33;;/h2-3,8,13,15,17,22H,4-7,9-12H2,1H3;2*1H2/t15-,17?,22+;;/m0../s1. The van der Waals surface area contributed by atoms with Crippen molar-refractivity contribution in [3.05, 3.63) is 58.2 Å². The van der Waals surface area contributed by atoms with Crippen molar-refractivity contribution >= 4 is 38.9 Å². The molecule has 2 aromatic heterocycles. The molecule has 1 aliphatic carbocycles. The maximum Gasteiger partial charge on any atom is 0.338 e. The number of ether oxygens (including phenoxy) is 2. The van der Waals surface area contributed by atoms with Gasteiger partial charge in [0, 0.05) is 43.5 Å². The molecule has 3 atom stereocenters. The number of morpholine rings is 1. The van der Waals surface area contributed by atoms with E-state index in [0.29, 0.717) is 37.8 Å². The molecular weight excluding hydrogens is 540 g/mol. The predicted molar refractivity (Wildman–Crippen MR) is 148 cm³/mol. The number of hydrogen-bond donors (Lipinski definition) is 0. The Bertz CT molecular complexity index is 1400. The first-order chi connectivity index (χ1) is 18.1. The summed E-state index contributed by atoms with van der Waals surface area (Å²) in [6, 6.07) is 4.01. The molecule has 0 N–H and O–H groups in total. The highest BCUT2D eigenvalue weighted by molar-refractivity contribution is 7.59. The molecule has 1 aromatic carbocycles. The summed E-state index contributed by atoms with van der Waals surface area (Å²) in [5.41, 5.74) is 5.60. The topological polar surface area (TPSA) is 128 Å². The molecule has 3 aliphatic heterocycles. The Balaban J connectivity index is 0.00000154. The Labute approximate surface area is 239 Å². The molecule has 0 radical (unpaired) electrons. The number of carbonyl (C=O) groups is 2. The van der Waals surface area contributed by atoms with Gasteiger partial charge < -0.3 is 14.4 Å². The number of amides is 1. The van der Waals surface area contributed by atoms with Crippen molar-refractivity contribution in [2.75, 3.05) is 32.8 Å². The average Bonchev–Trinajstić information content (AvgIpc) is 3.68.